The number of H-pyrrole nitrogens is 1. The first kappa shape index (κ1) is 15.0. The van der Waals surface area contributed by atoms with Gasteiger partial charge in [0, 0.05) is 35.6 Å². The quantitative estimate of drug-likeness (QED) is 0.488. The number of aromatic amines is 1. The molecule has 1 aromatic carbocycles. The fraction of sp³-hybridized carbons (Fsp3) is 0.286. The van der Waals surface area contributed by atoms with Crippen molar-refractivity contribution >= 4 is 22.8 Å². The van der Waals surface area contributed by atoms with Crippen molar-refractivity contribution in [1.82, 2.24) is 10.3 Å². The SMILES string of the molecule is O=C(O)C(=O)O.OCC1CNCc2[nH]c3ccccc3c21. The van der Waals surface area contributed by atoms with Crippen LogP contribution in [0.25, 0.3) is 10.9 Å². The van der Waals surface area contributed by atoms with Crippen LogP contribution < -0.4 is 5.32 Å². The van der Waals surface area contributed by atoms with Crippen LogP contribution in [0.15, 0.2) is 24.3 Å². The highest BCUT2D eigenvalue weighted by molar-refractivity contribution is 6.27. The largest absolute Gasteiger partial charge is 0.473 e. The molecule has 112 valence electrons. The van der Waals surface area contributed by atoms with Crippen LogP contribution in [0.2, 0.25) is 0 Å². The maximum atomic E-state index is 9.36. The zero-order valence-corrected chi connectivity index (χ0v) is 11.2. The van der Waals surface area contributed by atoms with Crippen molar-refractivity contribution in [2.24, 2.45) is 0 Å². The van der Waals surface area contributed by atoms with E-state index in [2.05, 4.69) is 22.4 Å². The smallest absolute Gasteiger partial charge is 0.414 e. The van der Waals surface area contributed by atoms with Crippen molar-refractivity contribution in [2.75, 3.05) is 13.2 Å². The molecule has 3 rings (SSSR count). The Balaban J connectivity index is 0.000000232. The van der Waals surface area contributed by atoms with Crippen molar-refractivity contribution in [3.63, 3.8) is 0 Å². The highest BCUT2D eigenvalue weighted by Gasteiger charge is 2.23. The van der Waals surface area contributed by atoms with Crippen molar-refractivity contribution < 1.29 is 24.9 Å². The molecule has 1 atom stereocenters. The van der Waals surface area contributed by atoms with Gasteiger partial charge in [-0.05, 0) is 11.6 Å². The number of aliphatic hydroxyl groups excluding tert-OH is 1. The molecule has 0 fully saturated rings. The first-order valence-electron chi connectivity index (χ1n) is 6.41. The van der Waals surface area contributed by atoms with Crippen molar-refractivity contribution in [3.05, 3.63) is 35.5 Å². The molecular formula is C14H16N2O5. The Bertz CT molecular complexity index is 652. The lowest BCUT2D eigenvalue weighted by Crippen LogP contribution is -2.29. The molecule has 1 aromatic heterocycles. The average molecular weight is 292 g/mol. The third-order valence-corrected chi connectivity index (χ3v) is 3.33. The van der Waals surface area contributed by atoms with Crippen molar-refractivity contribution in [1.29, 1.82) is 0 Å². The number of benzene rings is 1. The van der Waals surface area contributed by atoms with Gasteiger partial charge in [-0.25, -0.2) is 9.59 Å². The summed E-state index contributed by atoms with van der Waals surface area (Å²) >= 11 is 0. The Kier molecular flexibility index (Phi) is 4.56. The Labute approximate surface area is 120 Å². The fourth-order valence-corrected chi connectivity index (χ4v) is 2.45. The van der Waals surface area contributed by atoms with Crippen molar-refractivity contribution in [3.8, 4) is 0 Å². The van der Waals surface area contributed by atoms with E-state index in [1.807, 2.05) is 12.1 Å². The van der Waals surface area contributed by atoms with E-state index < -0.39 is 11.9 Å². The van der Waals surface area contributed by atoms with E-state index in [0.717, 1.165) is 13.1 Å². The number of hydrogen-bond donors (Lipinski definition) is 5. The lowest BCUT2D eigenvalue weighted by Gasteiger charge is -2.22. The average Bonchev–Trinajstić information content (AvgIpc) is 2.86. The molecule has 0 bridgehead atoms. The zero-order chi connectivity index (χ0) is 15.4. The molecule has 2 heterocycles. The number of aliphatic carboxylic acids is 2. The molecule has 0 saturated carbocycles. The third-order valence-electron chi connectivity index (χ3n) is 3.33. The summed E-state index contributed by atoms with van der Waals surface area (Å²) in [6.07, 6.45) is 0. The summed E-state index contributed by atoms with van der Waals surface area (Å²) in [7, 11) is 0. The maximum absolute atomic E-state index is 9.36. The summed E-state index contributed by atoms with van der Waals surface area (Å²) in [6.45, 7) is 1.95. The summed E-state index contributed by atoms with van der Waals surface area (Å²) in [5.74, 6) is -3.42. The van der Waals surface area contributed by atoms with E-state index in [0.29, 0.717) is 0 Å². The monoisotopic (exact) mass is 292 g/mol. The fourth-order valence-electron chi connectivity index (χ4n) is 2.45. The van der Waals surface area contributed by atoms with E-state index in [-0.39, 0.29) is 12.5 Å². The minimum Gasteiger partial charge on any atom is -0.473 e. The molecule has 21 heavy (non-hydrogen) atoms. The van der Waals surface area contributed by atoms with Gasteiger partial charge in [0.15, 0.2) is 0 Å². The van der Waals surface area contributed by atoms with E-state index in [1.165, 1.54) is 22.2 Å². The molecule has 0 saturated heterocycles. The molecule has 2 aromatic rings. The Morgan fingerprint density at radius 1 is 1.19 bits per heavy atom. The lowest BCUT2D eigenvalue weighted by molar-refractivity contribution is -0.159. The van der Waals surface area contributed by atoms with Crippen LogP contribution in [-0.2, 0) is 16.1 Å². The number of fused-ring (bicyclic) bond motifs is 3. The summed E-state index contributed by atoms with van der Waals surface area (Å²) in [4.78, 5) is 21.6. The van der Waals surface area contributed by atoms with Gasteiger partial charge in [0.2, 0.25) is 0 Å². The number of carbonyl (C=O) groups is 2. The number of rotatable bonds is 1. The standard InChI is InChI=1S/C12H14N2O.C2H2O4/c15-7-8-5-13-6-11-12(8)9-3-1-2-4-10(9)14-11;3-1(4)2(5)6/h1-4,8,13-15H,5-7H2;(H,3,4)(H,5,6). The van der Waals surface area contributed by atoms with E-state index in [1.54, 1.807) is 0 Å². The van der Waals surface area contributed by atoms with Crippen molar-refractivity contribution in [2.45, 2.75) is 12.5 Å². The Hall–Kier alpha value is -2.38. The minimum atomic E-state index is -1.82. The lowest BCUT2D eigenvalue weighted by atomic mass is 9.94. The molecule has 0 amide bonds. The highest BCUT2D eigenvalue weighted by atomic mass is 16.4. The summed E-state index contributed by atoms with van der Waals surface area (Å²) in [5, 5.41) is 28.7. The molecule has 1 aliphatic heterocycles. The maximum Gasteiger partial charge on any atom is 0.414 e. The van der Waals surface area contributed by atoms with Crippen LogP contribution in [0.4, 0.5) is 0 Å². The number of aromatic nitrogens is 1. The van der Waals surface area contributed by atoms with Crippen LogP contribution in [0.3, 0.4) is 0 Å². The molecule has 7 heteroatoms. The Morgan fingerprint density at radius 2 is 1.86 bits per heavy atom. The number of aliphatic hydroxyl groups is 1. The highest BCUT2D eigenvalue weighted by Crippen LogP contribution is 2.31. The van der Waals surface area contributed by atoms with Gasteiger partial charge < -0.3 is 25.6 Å². The molecule has 0 aliphatic carbocycles. The van der Waals surface area contributed by atoms with Gasteiger partial charge in [0.25, 0.3) is 0 Å². The normalized spacial score (nSPS) is 16.7. The third kappa shape index (κ3) is 3.21. The van der Waals surface area contributed by atoms with Gasteiger partial charge in [0.05, 0.1) is 6.61 Å². The molecule has 7 nitrogen and oxygen atoms in total. The number of carboxylic acid groups (broad SMARTS) is 2. The van der Waals surface area contributed by atoms with Gasteiger partial charge in [-0.2, -0.15) is 0 Å². The molecule has 1 unspecified atom stereocenters. The van der Waals surface area contributed by atoms with Gasteiger partial charge in [-0.15, -0.1) is 0 Å². The van der Waals surface area contributed by atoms with Gasteiger partial charge in [-0.3, -0.25) is 0 Å². The van der Waals surface area contributed by atoms with Crippen LogP contribution in [0, 0.1) is 0 Å². The van der Waals surface area contributed by atoms with Crippen LogP contribution in [0.5, 0.6) is 0 Å². The van der Waals surface area contributed by atoms with Crippen LogP contribution >= 0.6 is 0 Å². The second kappa shape index (κ2) is 6.38. The summed E-state index contributed by atoms with van der Waals surface area (Å²) in [5.41, 5.74) is 3.69. The summed E-state index contributed by atoms with van der Waals surface area (Å²) < 4.78 is 0. The number of nitrogens with one attached hydrogen (secondary N) is 2. The first-order valence-corrected chi connectivity index (χ1v) is 6.41. The molecule has 0 spiro atoms. The number of carboxylic acids is 2. The Morgan fingerprint density at radius 3 is 2.48 bits per heavy atom. The predicted molar refractivity (Wildman–Crippen MR) is 75.1 cm³/mol. The molecule has 1 aliphatic rings. The van der Waals surface area contributed by atoms with E-state index >= 15 is 0 Å². The van der Waals surface area contributed by atoms with E-state index in [9.17, 15) is 5.11 Å². The summed E-state index contributed by atoms with van der Waals surface area (Å²) in [6, 6.07) is 8.29. The molecular weight excluding hydrogens is 276 g/mol. The topological polar surface area (TPSA) is 123 Å². The molecule has 0 radical (unpaired) electrons. The van der Waals surface area contributed by atoms with Gasteiger partial charge in [0.1, 0.15) is 0 Å². The van der Waals surface area contributed by atoms with Crippen LogP contribution in [-0.4, -0.2) is 45.4 Å². The number of para-hydroxylation sites is 1. The first-order chi connectivity index (χ1) is 10.0. The molecule has 5 N–H and O–H groups in total. The van der Waals surface area contributed by atoms with E-state index in [4.69, 9.17) is 19.8 Å². The number of hydrogen-bond acceptors (Lipinski definition) is 4. The minimum absolute atomic E-state index is 0.210. The van der Waals surface area contributed by atoms with Gasteiger partial charge >= 0.3 is 11.9 Å². The van der Waals surface area contributed by atoms with Crippen LogP contribution in [0.1, 0.15) is 17.2 Å². The second-order valence-corrected chi connectivity index (χ2v) is 4.68. The zero-order valence-electron chi connectivity index (χ0n) is 11.2. The second-order valence-electron chi connectivity index (χ2n) is 4.68. The predicted octanol–water partition coefficient (Wildman–Crippen LogP) is 0.503. The van der Waals surface area contributed by atoms with Gasteiger partial charge in [-0.1, -0.05) is 18.2 Å².